The molecule has 1 heteroatoms. The summed E-state index contributed by atoms with van der Waals surface area (Å²) in [6, 6.07) is 0.790. The molecule has 0 N–H and O–H groups in total. The van der Waals surface area contributed by atoms with E-state index in [4.69, 9.17) is 0 Å². The average molecular weight is 195 g/mol. The van der Waals surface area contributed by atoms with Crippen LogP contribution in [0.2, 0.25) is 0 Å². The Hall–Kier alpha value is -0.0400. The normalized spacial score (nSPS) is 36.4. The molecule has 1 aliphatic heterocycles. The van der Waals surface area contributed by atoms with Gasteiger partial charge in [-0.1, -0.05) is 19.3 Å². The number of nitrogens with zero attached hydrogens (tertiary/aromatic N) is 1. The van der Waals surface area contributed by atoms with Crippen LogP contribution in [0.25, 0.3) is 0 Å². The van der Waals surface area contributed by atoms with E-state index in [9.17, 15) is 0 Å². The lowest BCUT2D eigenvalue weighted by Crippen LogP contribution is -2.40. The molecule has 1 heterocycles. The fourth-order valence-corrected chi connectivity index (χ4v) is 3.92. The molecule has 0 bridgehead atoms. The van der Waals surface area contributed by atoms with Crippen LogP contribution in [-0.2, 0) is 0 Å². The first-order chi connectivity index (χ1) is 6.48. The molecule has 2 fully saturated rings. The third-order valence-corrected chi connectivity index (χ3v) is 5.06. The quantitative estimate of drug-likeness (QED) is 0.572. The molecule has 0 radical (unpaired) electrons. The Bertz CT molecular complexity index is 213. The van der Waals surface area contributed by atoms with Crippen LogP contribution in [0.15, 0.2) is 0 Å². The maximum absolute atomic E-state index is 2.61. The van der Waals surface area contributed by atoms with Crippen molar-refractivity contribution < 1.29 is 0 Å². The fourth-order valence-electron chi connectivity index (χ4n) is 3.92. The van der Waals surface area contributed by atoms with E-state index in [0.29, 0.717) is 11.0 Å². The highest BCUT2D eigenvalue weighted by Gasteiger charge is 2.51. The highest BCUT2D eigenvalue weighted by molar-refractivity contribution is 5.05. The van der Waals surface area contributed by atoms with Crippen molar-refractivity contribution in [2.24, 2.45) is 5.41 Å². The molecule has 1 saturated heterocycles. The van der Waals surface area contributed by atoms with Crippen molar-refractivity contribution in [1.82, 2.24) is 4.90 Å². The minimum absolute atomic E-state index is 0.427. The zero-order valence-electron chi connectivity index (χ0n) is 10.3. The molecule has 0 amide bonds. The van der Waals surface area contributed by atoms with Gasteiger partial charge < -0.3 is 0 Å². The second kappa shape index (κ2) is 3.23. The summed E-state index contributed by atoms with van der Waals surface area (Å²) in [5.74, 6) is 0. The lowest BCUT2D eigenvalue weighted by atomic mass is 9.68. The maximum atomic E-state index is 2.61. The molecule has 1 unspecified atom stereocenters. The summed E-state index contributed by atoms with van der Waals surface area (Å²) >= 11 is 0. The molecule has 1 atom stereocenters. The molecular formula is C13H25N. The lowest BCUT2D eigenvalue weighted by molar-refractivity contribution is 0.122. The smallest absolute Gasteiger partial charge is 0.0159 e. The van der Waals surface area contributed by atoms with Crippen molar-refractivity contribution in [3.63, 3.8) is 0 Å². The Labute approximate surface area is 88.9 Å². The van der Waals surface area contributed by atoms with E-state index in [-0.39, 0.29) is 0 Å². The summed E-state index contributed by atoms with van der Waals surface area (Å²) in [4.78, 5) is 2.61. The van der Waals surface area contributed by atoms with Crippen LogP contribution in [-0.4, -0.2) is 23.5 Å². The molecule has 0 aromatic heterocycles. The molecule has 0 aromatic rings. The number of hydrogen-bond acceptors (Lipinski definition) is 1. The second-order valence-electron chi connectivity index (χ2n) is 6.20. The Kier molecular flexibility index (Phi) is 2.42. The topological polar surface area (TPSA) is 3.24 Å². The summed E-state index contributed by atoms with van der Waals surface area (Å²) in [6.45, 7) is 7.26. The van der Waals surface area contributed by atoms with E-state index >= 15 is 0 Å². The Morgan fingerprint density at radius 1 is 1.07 bits per heavy atom. The molecule has 2 aliphatic rings. The molecule has 1 nitrogen and oxygen atoms in total. The third-order valence-electron chi connectivity index (χ3n) is 5.06. The summed E-state index contributed by atoms with van der Waals surface area (Å²) in [5.41, 5.74) is 1.09. The molecule has 14 heavy (non-hydrogen) atoms. The first-order valence-corrected chi connectivity index (χ1v) is 6.21. The lowest BCUT2D eigenvalue weighted by Gasteiger charge is -2.38. The van der Waals surface area contributed by atoms with Crippen molar-refractivity contribution >= 4 is 0 Å². The van der Waals surface area contributed by atoms with Crippen molar-refractivity contribution in [2.75, 3.05) is 7.05 Å². The zero-order valence-corrected chi connectivity index (χ0v) is 10.3. The van der Waals surface area contributed by atoms with Gasteiger partial charge in [0.05, 0.1) is 0 Å². The highest BCUT2D eigenvalue weighted by Crippen LogP contribution is 2.53. The van der Waals surface area contributed by atoms with Gasteiger partial charge in [-0.05, 0) is 52.5 Å². The largest absolute Gasteiger partial charge is 0.298 e. The van der Waals surface area contributed by atoms with E-state index in [0.717, 1.165) is 6.04 Å². The minimum atomic E-state index is 0.427. The van der Waals surface area contributed by atoms with Gasteiger partial charge in [0, 0.05) is 11.6 Å². The van der Waals surface area contributed by atoms with Crippen LogP contribution in [0.4, 0.5) is 0 Å². The van der Waals surface area contributed by atoms with Gasteiger partial charge in [0.25, 0.3) is 0 Å². The van der Waals surface area contributed by atoms with Gasteiger partial charge in [0.1, 0.15) is 0 Å². The van der Waals surface area contributed by atoms with E-state index in [1.807, 2.05) is 0 Å². The molecule has 1 spiro atoms. The monoisotopic (exact) mass is 195 g/mol. The van der Waals surface area contributed by atoms with Crippen molar-refractivity contribution in [2.45, 2.75) is 70.9 Å². The van der Waals surface area contributed by atoms with Gasteiger partial charge >= 0.3 is 0 Å². The molecule has 1 aliphatic carbocycles. The van der Waals surface area contributed by atoms with Crippen LogP contribution in [0.5, 0.6) is 0 Å². The average Bonchev–Trinajstić information content (AvgIpc) is 2.29. The number of rotatable bonds is 0. The highest BCUT2D eigenvalue weighted by atomic mass is 15.2. The zero-order chi connectivity index (χ0) is 10.4. The number of likely N-dealkylation sites (tertiary alicyclic amines) is 1. The summed E-state index contributed by atoms with van der Waals surface area (Å²) in [5, 5.41) is 0. The molecule has 82 valence electrons. The Balaban J connectivity index is 2.21. The fraction of sp³-hybridized carbons (Fsp3) is 1.00. The van der Waals surface area contributed by atoms with Crippen LogP contribution < -0.4 is 0 Å². The van der Waals surface area contributed by atoms with Gasteiger partial charge in [-0.25, -0.2) is 0 Å². The number of hydrogen-bond donors (Lipinski definition) is 0. The predicted octanol–water partition coefficient (Wildman–Crippen LogP) is 3.44. The van der Waals surface area contributed by atoms with Gasteiger partial charge in [-0.3, -0.25) is 4.90 Å². The van der Waals surface area contributed by atoms with Crippen LogP contribution >= 0.6 is 0 Å². The van der Waals surface area contributed by atoms with Gasteiger partial charge in [0.15, 0.2) is 0 Å². The van der Waals surface area contributed by atoms with Crippen molar-refractivity contribution in [1.29, 1.82) is 0 Å². The first kappa shape index (κ1) is 10.5. The molecule has 0 aromatic carbocycles. The van der Waals surface area contributed by atoms with Gasteiger partial charge in [-0.15, -0.1) is 0 Å². The molecule has 2 rings (SSSR count). The van der Waals surface area contributed by atoms with Crippen LogP contribution in [0.3, 0.4) is 0 Å². The van der Waals surface area contributed by atoms with Crippen molar-refractivity contribution in [3.05, 3.63) is 0 Å². The van der Waals surface area contributed by atoms with E-state index < -0.39 is 0 Å². The third kappa shape index (κ3) is 1.41. The Morgan fingerprint density at radius 2 is 1.64 bits per heavy atom. The van der Waals surface area contributed by atoms with Gasteiger partial charge in [0.2, 0.25) is 0 Å². The standard InChI is InChI=1S/C13H25N/c1-11-13(8-6-5-7-9-13)10-12(2,3)14(11)4/h11H,5-10H2,1-4H3. The van der Waals surface area contributed by atoms with Crippen molar-refractivity contribution in [3.8, 4) is 0 Å². The minimum Gasteiger partial charge on any atom is -0.298 e. The maximum Gasteiger partial charge on any atom is 0.0159 e. The van der Waals surface area contributed by atoms with Crippen LogP contribution in [0.1, 0.15) is 59.3 Å². The summed E-state index contributed by atoms with van der Waals surface area (Å²) in [7, 11) is 2.31. The van der Waals surface area contributed by atoms with Crippen LogP contribution in [0, 0.1) is 5.41 Å². The van der Waals surface area contributed by atoms with E-state index in [1.54, 1.807) is 0 Å². The van der Waals surface area contributed by atoms with Gasteiger partial charge in [-0.2, -0.15) is 0 Å². The molecule has 1 saturated carbocycles. The van der Waals surface area contributed by atoms with E-state index in [2.05, 4.69) is 32.7 Å². The summed E-state index contributed by atoms with van der Waals surface area (Å²) < 4.78 is 0. The predicted molar refractivity (Wildman–Crippen MR) is 61.4 cm³/mol. The van der Waals surface area contributed by atoms with E-state index in [1.165, 1.54) is 38.5 Å². The Morgan fingerprint density at radius 3 is 2.07 bits per heavy atom. The SMILES string of the molecule is CC1N(C)C(C)(C)CC12CCCCC2. The molecular weight excluding hydrogens is 170 g/mol. The second-order valence-corrected chi connectivity index (χ2v) is 6.20. The summed E-state index contributed by atoms with van der Waals surface area (Å²) in [6.07, 6.45) is 8.77. The first-order valence-electron chi connectivity index (χ1n) is 6.21.